The highest BCUT2D eigenvalue weighted by molar-refractivity contribution is 6.24. The third-order valence-corrected chi connectivity index (χ3v) is 12.3. The Hall–Kier alpha value is -6.76. The van der Waals surface area contributed by atoms with Crippen LogP contribution < -0.4 is 0 Å². The maximum absolute atomic E-state index is 2.46. The van der Waals surface area contributed by atoms with Gasteiger partial charge in [-0.2, -0.15) is 0 Å². The van der Waals surface area contributed by atoms with Crippen LogP contribution in [0.3, 0.4) is 0 Å². The van der Waals surface area contributed by atoms with Gasteiger partial charge in [-0.05, 0) is 116 Å². The summed E-state index contributed by atoms with van der Waals surface area (Å²) in [6.07, 6.45) is 0. The first kappa shape index (κ1) is 31.7. The second-order valence-corrected chi connectivity index (χ2v) is 15.6. The molecule has 1 aliphatic carbocycles. The van der Waals surface area contributed by atoms with Crippen LogP contribution in [0.5, 0.6) is 0 Å². The van der Waals surface area contributed by atoms with Crippen LogP contribution in [-0.2, 0) is 5.41 Å². The average molecular weight is 699 g/mol. The van der Waals surface area contributed by atoms with Crippen LogP contribution in [0.4, 0.5) is 0 Å². The van der Waals surface area contributed by atoms with E-state index < -0.39 is 0 Å². The first-order chi connectivity index (χ1) is 27.1. The molecule has 0 saturated carbocycles. The zero-order chi connectivity index (χ0) is 36.7. The van der Waals surface area contributed by atoms with Crippen molar-refractivity contribution in [3.8, 4) is 55.6 Å². The number of hydrogen-bond acceptors (Lipinski definition) is 0. The molecule has 0 unspecified atom stereocenters. The standard InChI is InChI=1S/C55H38/c1-55(2)50-33-32-42-43(24-13-25-44(42)54(50)49-31-30-39(34-51(49)55)41-23-12-17-37-16-6-7-18-40(37)41)53-47-21-10-8-19-45(47)52(46-20-9-11-22-48(46)53)38-28-26-36(27-29-38)35-14-4-3-5-15-35/h3-34H,1-2H3. The van der Waals surface area contributed by atoms with Crippen molar-refractivity contribution in [1.82, 2.24) is 0 Å². The molecule has 10 aromatic carbocycles. The summed E-state index contributed by atoms with van der Waals surface area (Å²) in [6, 6.07) is 72.0. The van der Waals surface area contributed by atoms with Gasteiger partial charge in [-0.25, -0.2) is 0 Å². The van der Waals surface area contributed by atoms with E-state index in [9.17, 15) is 0 Å². The Bertz CT molecular complexity index is 3080. The molecule has 0 heterocycles. The Kier molecular flexibility index (Phi) is 7.00. The largest absolute Gasteiger partial charge is 0.0622 e. The molecule has 0 bridgehead atoms. The van der Waals surface area contributed by atoms with Crippen molar-refractivity contribution in [2.24, 2.45) is 0 Å². The summed E-state index contributed by atoms with van der Waals surface area (Å²) >= 11 is 0. The van der Waals surface area contributed by atoms with Gasteiger partial charge in [0.25, 0.3) is 0 Å². The minimum absolute atomic E-state index is 0.132. The van der Waals surface area contributed by atoms with Crippen LogP contribution in [0.25, 0.3) is 98.7 Å². The van der Waals surface area contributed by atoms with Gasteiger partial charge in [-0.1, -0.05) is 202 Å². The molecule has 0 N–H and O–H groups in total. The van der Waals surface area contributed by atoms with Gasteiger partial charge in [-0.3, -0.25) is 0 Å². The number of hydrogen-bond donors (Lipinski definition) is 0. The van der Waals surface area contributed by atoms with Crippen molar-refractivity contribution >= 4 is 43.1 Å². The minimum atomic E-state index is -0.132. The SMILES string of the molecule is CC1(C)c2cc(-c3cccc4ccccc34)ccc2-c2c1ccc1c(-c3c4ccccc4c(-c4ccc(-c5ccccc5)cc4)c4ccccc34)cccc21. The summed E-state index contributed by atoms with van der Waals surface area (Å²) in [7, 11) is 0. The van der Waals surface area contributed by atoms with E-state index in [4.69, 9.17) is 0 Å². The average Bonchev–Trinajstić information content (AvgIpc) is 3.48. The Morgan fingerprint density at radius 3 is 1.51 bits per heavy atom. The lowest BCUT2D eigenvalue weighted by Crippen LogP contribution is -2.15. The number of rotatable bonds is 4. The number of benzene rings is 10. The van der Waals surface area contributed by atoms with E-state index in [-0.39, 0.29) is 5.41 Å². The number of fused-ring (bicyclic) bond motifs is 8. The van der Waals surface area contributed by atoms with E-state index in [1.165, 1.54) is 110 Å². The fourth-order valence-corrected chi connectivity index (χ4v) is 9.65. The Balaban J connectivity index is 1.11. The van der Waals surface area contributed by atoms with E-state index in [0.717, 1.165) is 0 Å². The van der Waals surface area contributed by atoms with E-state index >= 15 is 0 Å². The molecule has 0 fully saturated rings. The summed E-state index contributed by atoms with van der Waals surface area (Å²) in [5.41, 5.74) is 15.5. The van der Waals surface area contributed by atoms with Crippen molar-refractivity contribution in [3.05, 3.63) is 205 Å². The molecular formula is C55H38. The van der Waals surface area contributed by atoms with E-state index in [1.54, 1.807) is 0 Å². The minimum Gasteiger partial charge on any atom is -0.0622 e. The first-order valence-electron chi connectivity index (χ1n) is 19.4. The molecule has 0 radical (unpaired) electrons. The molecular weight excluding hydrogens is 661 g/mol. The molecule has 0 aromatic heterocycles. The van der Waals surface area contributed by atoms with Gasteiger partial charge in [0.15, 0.2) is 0 Å². The Labute approximate surface area is 322 Å². The van der Waals surface area contributed by atoms with Crippen molar-refractivity contribution < 1.29 is 0 Å². The fourth-order valence-electron chi connectivity index (χ4n) is 9.65. The Morgan fingerprint density at radius 1 is 0.273 bits per heavy atom. The lowest BCUT2D eigenvalue weighted by molar-refractivity contribution is 0.661. The molecule has 0 aliphatic heterocycles. The maximum Gasteiger partial charge on any atom is 0.0159 e. The lowest BCUT2D eigenvalue weighted by atomic mass is 9.80. The Morgan fingerprint density at radius 2 is 0.782 bits per heavy atom. The zero-order valence-electron chi connectivity index (χ0n) is 31.0. The van der Waals surface area contributed by atoms with Crippen molar-refractivity contribution in [2.45, 2.75) is 19.3 Å². The van der Waals surface area contributed by atoms with Gasteiger partial charge in [0, 0.05) is 5.41 Å². The fraction of sp³-hybridized carbons (Fsp3) is 0.0545. The van der Waals surface area contributed by atoms with Gasteiger partial charge in [0.2, 0.25) is 0 Å². The van der Waals surface area contributed by atoms with E-state index in [1.807, 2.05) is 0 Å². The topological polar surface area (TPSA) is 0 Å². The summed E-state index contributed by atoms with van der Waals surface area (Å²) < 4.78 is 0. The van der Waals surface area contributed by atoms with Crippen molar-refractivity contribution in [1.29, 1.82) is 0 Å². The maximum atomic E-state index is 2.46. The molecule has 10 aromatic rings. The third kappa shape index (κ3) is 4.78. The highest BCUT2D eigenvalue weighted by Gasteiger charge is 2.37. The van der Waals surface area contributed by atoms with Gasteiger partial charge >= 0.3 is 0 Å². The highest BCUT2D eigenvalue weighted by Crippen LogP contribution is 2.54. The van der Waals surface area contributed by atoms with Crippen LogP contribution in [0.15, 0.2) is 194 Å². The van der Waals surface area contributed by atoms with Gasteiger partial charge in [0.1, 0.15) is 0 Å². The van der Waals surface area contributed by atoms with Gasteiger partial charge < -0.3 is 0 Å². The summed E-state index contributed by atoms with van der Waals surface area (Å²) in [5, 5.41) is 10.3. The van der Waals surface area contributed by atoms with Crippen molar-refractivity contribution in [2.75, 3.05) is 0 Å². The molecule has 0 spiro atoms. The monoisotopic (exact) mass is 698 g/mol. The first-order valence-corrected chi connectivity index (χ1v) is 19.4. The third-order valence-electron chi connectivity index (χ3n) is 12.3. The van der Waals surface area contributed by atoms with Gasteiger partial charge in [-0.15, -0.1) is 0 Å². The normalized spacial score (nSPS) is 13.1. The smallest absolute Gasteiger partial charge is 0.0159 e. The molecule has 1 aliphatic rings. The quantitative estimate of drug-likeness (QED) is 0.161. The van der Waals surface area contributed by atoms with E-state index in [2.05, 4.69) is 208 Å². The molecule has 0 heteroatoms. The summed E-state index contributed by atoms with van der Waals surface area (Å²) in [4.78, 5) is 0. The molecule has 258 valence electrons. The second-order valence-electron chi connectivity index (χ2n) is 15.6. The second kappa shape index (κ2) is 12.1. The van der Waals surface area contributed by atoms with Crippen LogP contribution >= 0.6 is 0 Å². The van der Waals surface area contributed by atoms with Gasteiger partial charge in [0.05, 0.1) is 0 Å². The molecule has 11 rings (SSSR count). The van der Waals surface area contributed by atoms with Crippen LogP contribution in [0.1, 0.15) is 25.0 Å². The molecule has 0 saturated heterocycles. The summed E-state index contributed by atoms with van der Waals surface area (Å²) in [5.74, 6) is 0. The van der Waals surface area contributed by atoms with E-state index in [0.29, 0.717) is 0 Å². The predicted octanol–water partition coefficient (Wildman–Crippen LogP) is 15.3. The van der Waals surface area contributed by atoms with Crippen LogP contribution in [0.2, 0.25) is 0 Å². The predicted molar refractivity (Wildman–Crippen MR) is 236 cm³/mol. The van der Waals surface area contributed by atoms with Crippen molar-refractivity contribution in [3.63, 3.8) is 0 Å². The van der Waals surface area contributed by atoms with Crippen LogP contribution in [-0.4, -0.2) is 0 Å². The molecule has 55 heavy (non-hydrogen) atoms. The van der Waals surface area contributed by atoms with Crippen LogP contribution in [0, 0.1) is 0 Å². The zero-order valence-corrected chi connectivity index (χ0v) is 31.0. The molecule has 0 atom stereocenters. The summed E-state index contributed by atoms with van der Waals surface area (Å²) in [6.45, 7) is 4.79. The highest BCUT2D eigenvalue weighted by atomic mass is 14.4. The molecule has 0 nitrogen and oxygen atoms in total. The lowest BCUT2D eigenvalue weighted by Gasteiger charge is -2.23. The molecule has 0 amide bonds.